The Morgan fingerprint density at radius 2 is 1.95 bits per heavy atom. The van der Waals surface area contributed by atoms with Gasteiger partial charge < -0.3 is 4.57 Å². The molecule has 2 atom stereocenters. The van der Waals surface area contributed by atoms with E-state index in [-0.39, 0.29) is 11.6 Å². The van der Waals surface area contributed by atoms with Crippen molar-refractivity contribution in [3.63, 3.8) is 0 Å². The van der Waals surface area contributed by atoms with E-state index >= 15 is 0 Å². The number of halogens is 3. The lowest BCUT2D eigenvalue weighted by Gasteiger charge is -2.26. The van der Waals surface area contributed by atoms with Crippen molar-refractivity contribution >= 4 is 0 Å². The zero-order valence-electron chi connectivity index (χ0n) is 11.0. The van der Waals surface area contributed by atoms with Crippen molar-refractivity contribution in [2.24, 2.45) is 0 Å². The highest BCUT2D eigenvalue weighted by molar-refractivity contribution is 5.20. The lowest BCUT2D eigenvalue weighted by Crippen LogP contribution is -2.41. The van der Waals surface area contributed by atoms with Gasteiger partial charge in [-0.15, -0.1) is 0 Å². The molecule has 6 heteroatoms. The van der Waals surface area contributed by atoms with Crippen molar-refractivity contribution in [1.82, 2.24) is 14.9 Å². The summed E-state index contributed by atoms with van der Waals surface area (Å²) in [5.41, 5.74) is 0.220. The van der Waals surface area contributed by atoms with Gasteiger partial charge in [0.1, 0.15) is 6.04 Å². The zero-order valence-corrected chi connectivity index (χ0v) is 11.0. The molecule has 0 bridgehead atoms. The quantitative estimate of drug-likeness (QED) is 0.913. The van der Waals surface area contributed by atoms with E-state index in [1.807, 2.05) is 0 Å². The van der Waals surface area contributed by atoms with E-state index in [0.717, 1.165) is 0 Å². The average molecular weight is 283 g/mol. The number of hydrogen-bond donors (Lipinski definition) is 1. The first-order chi connectivity index (χ1) is 9.47. The van der Waals surface area contributed by atoms with Crippen molar-refractivity contribution in [2.45, 2.75) is 31.7 Å². The van der Waals surface area contributed by atoms with Gasteiger partial charge in [0, 0.05) is 25.0 Å². The summed E-state index contributed by atoms with van der Waals surface area (Å²) in [6.07, 6.45) is 0.586. The van der Waals surface area contributed by atoms with Gasteiger partial charge in [0.05, 0.1) is 6.33 Å². The standard InChI is InChI=1S/C14H16F3N3/c1-11(9-20-8-7-18-10-20)19-13(14(15,16)17)12-5-3-2-4-6-12/h2-8,10-11,13,19H,9H2,1H3. The maximum Gasteiger partial charge on any atom is 0.407 e. The van der Waals surface area contributed by atoms with Crippen molar-refractivity contribution in [3.05, 3.63) is 54.6 Å². The fourth-order valence-electron chi connectivity index (χ4n) is 2.07. The molecule has 0 fully saturated rings. The van der Waals surface area contributed by atoms with Gasteiger partial charge in [-0.3, -0.25) is 5.32 Å². The maximum absolute atomic E-state index is 13.2. The molecule has 0 radical (unpaired) electrons. The summed E-state index contributed by atoms with van der Waals surface area (Å²) in [5.74, 6) is 0. The van der Waals surface area contributed by atoms with Gasteiger partial charge in [-0.1, -0.05) is 30.3 Å². The monoisotopic (exact) mass is 283 g/mol. The van der Waals surface area contributed by atoms with E-state index in [4.69, 9.17) is 0 Å². The van der Waals surface area contributed by atoms with Crippen LogP contribution in [-0.4, -0.2) is 21.8 Å². The third-order valence-corrected chi connectivity index (χ3v) is 2.96. The smallest absolute Gasteiger partial charge is 0.336 e. The minimum atomic E-state index is -4.33. The Balaban J connectivity index is 2.09. The van der Waals surface area contributed by atoms with Crippen LogP contribution in [0.5, 0.6) is 0 Å². The maximum atomic E-state index is 13.2. The average Bonchev–Trinajstić information content (AvgIpc) is 2.88. The van der Waals surface area contributed by atoms with Crippen LogP contribution < -0.4 is 5.32 Å². The van der Waals surface area contributed by atoms with Crippen LogP contribution in [0.1, 0.15) is 18.5 Å². The van der Waals surface area contributed by atoms with E-state index < -0.39 is 12.2 Å². The Bertz CT molecular complexity index is 508. The molecule has 0 saturated heterocycles. The van der Waals surface area contributed by atoms with Crippen LogP contribution in [0, 0.1) is 0 Å². The molecule has 2 rings (SSSR count). The zero-order chi connectivity index (χ0) is 14.6. The molecule has 0 aliphatic rings. The van der Waals surface area contributed by atoms with Crippen molar-refractivity contribution in [3.8, 4) is 0 Å². The summed E-state index contributed by atoms with van der Waals surface area (Å²) < 4.78 is 41.2. The van der Waals surface area contributed by atoms with Crippen LogP contribution in [0.15, 0.2) is 49.1 Å². The van der Waals surface area contributed by atoms with E-state index in [9.17, 15) is 13.2 Å². The van der Waals surface area contributed by atoms with Gasteiger partial charge in [0.15, 0.2) is 0 Å². The molecule has 108 valence electrons. The first-order valence-electron chi connectivity index (χ1n) is 6.30. The number of hydrogen-bond acceptors (Lipinski definition) is 2. The molecule has 1 aromatic heterocycles. The Hall–Kier alpha value is -1.82. The van der Waals surface area contributed by atoms with Crippen molar-refractivity contribution in [1.29, 1.82) is 0 Å². The summed E-state index contributed by atoms with van der Waals surface area (Å²) in [6, 6.07) is 5.88. The molecular formula is C14H16F3N3. The van der Waals surface area contributed by atoms with Gasteiger partial charge in [0.2, 0.25) is 0 Å². The molecule has 1 aromatic carbocycles. The first kappa shape index (κ1) is 14.6. The largest absolute Gasteiger partial charge is 0.407 e. The van der Waals surface area contributed by atoms with Crippen LogP contribution in [0.2, 0.25) is 0 Å². The molecule has 0 saturated carbocycles. The highest BCUT2D eigenvalue weighted by Gasteiger charge is 2.41. The van der Waals surface area contributed by atoms with Gasteiger partial charge >= 0.3 is 6.18 Å². The Morgan fingerprint density at radius 3 is 2.50 bits per heavy atom. The number of benzene rings is 1. The second kappa shape index (κ2) is 6.09. The lowest BCUT2D eigenvalue weighted by molar-refractivity contribution is -0.159. The molecule has 1 N–H and O–H groups in total. The van der Waals surface area contributed by atoms with E-state index in [0.29, 0.717) is 6.54 Å². The van der Waals surface area contributed by atoms with Crippen molar-refractivity contribution < 1.29 is 13.2 Å². The number of nitrogens with zero attached hydrogens (tertiary/aromatic N) is 2. The van der Waals surface area contributed by atoms with Crippen LogP contribution in [0.3, 0.4) is 0 Å². The Kier molecular flexibility index (Phi) is 4.44. The fourth-order valence-corrected chi connectivity index (χ4v) is 2.07. The van der Waals surface area contributed by atoms with Crippen molar-refractivity contribution in [2.75, 3.05) is 0 Å². The van der Waals surface area contributed by atoms with Gasteiger partial charge in [0.25, 0.3) is 0 Å². The highest BCUT2D eigenvalue weighted by Crippen LogP contribution is 2.32. The SMILES string of the molecule is CC(Cn1ccnc1)NC(c1ccccc1)C(F)(F)F. The number of imidazole rings is 1. The second-order valence-electron chi connectivity index (χ2n) is 4.71. The predicted octanol–water partition coefficient (Wildman–Crippen LogP) is 3.16. The predicted molar refractivity (Wildman–Crippen MR) is 70.1 cm³/mol. The van der Waals surface area contributed by atoms with E-state index in [1.165, 1.54) is 12.1 Å². The summed E-state index contributed by atoms with van der Waals surface area (Å²) in [6.45, 7) is 2.15. The van der Waals surface area contributed by atoms with Crippen LogP contribution in [-0.2, 0) is 6.54 Å². The molecular weight excluding hydrogens is 267 g/mol. The number of rotatable bonds is 5. The second-order valence-corrected chi connectivity index (χ2v) is 4.71. The Morgan fingerprint density at radius 1 is 1.25 bits per heavy atom. The van der Waals surface area contributed by atoms with E-state index in [1.54, 1.807) is 48.4 Å². The van der Waals surface area contributed by atoms with Crippen LogP contribution in [0.4, 0.5) is 13.2 Å². The van der Waals surface area contributed by atoms with Gasteiger partial charge in [-0.05, 0) is 12.5 Å². The fraction of sp³-hybridized carbons (Fsp3) is 0.357. The summed E-state index contributed by atoms with van der Waals surface area (Å²) in [7, 11) is 0. The number of alkyl halides is 3. The van der Waals surface area contributed by atoms with E-state index in [2.05, 4.69) is 10.3 Å². The minimum Gasteiger partial charge on any atom is -0.336 e. The third-order valence-electron chi connectivity index (χ3n) is 2.96. The van der Waals surface area contributed by atoms with Gasteiger partial charge in [-0.25, -0.2) is 4.98 Å². The third kappa shape index (κ3) is 3.84. The summed E-state index contributed by atoms with van der Waals surface area (Å²) >= 11 is 0. The van der Waals surface area contributed by atoms with Crippen LogP contribution in [0.25, 0.3) is 0 Å². The minimum absolute atomic E-state index is 0.220. The first-order valence-corrected chi connectivity index (χ1v) is 6.30. The molecule has 0 spiro atoms. The molecule has 0 aliphatic carbocycles. The van der Waals surface area contributed by atoms with Crippen LogP contribution >= 0.6 is 0 Å². The molecule has 3 nitrogen and oxygen atoms in total. The Labute approximate surface area is 115 Å². The van der Waals surface area contributed by atoms with Gasteiger partial charge in [-0.2, -0.15) is 13.2 Å². The molecule has 2 unspecified atom stereocenters. The molecule has 2 aromatic rings. The topological polar surface area (TPSA) is 29.9 Å². The summed E-state index contributed by atoms with van der Waals surface area (Å²) in [4.78, 5) is 3.87. The molecule has 0 aliphatic heterocycles. The lowest BCUT2D eigenvalue weighted by atomic mass is 10.1. The normalized spacial score (nSPS) is 15.0. The number of nitrogens with one attached hydrogen (secondary N) is 1. The molecule has 1 heterocycles. The molecule has 20 heavy (non-hydrogen) atoms. The number of aromatic nitrogens is 2. The summed E-state index contributed by atoms with van der Waals surface area (Å²) in [5, 5.41) is 2.64. The molecule has 0 amide bonds. The highest BCUT2D eigenvalue weighted by atomic mass is 19.4.